The SMILES string of the molecule is COC(=O)c1cn(C(=O)CN(c2cccc(Cl)c2Cl)S(=O)(=O)c2ccccc2)c2ccccc12. The van der Waals surface area contributed by atoms with Crippen LogP contribution in [0.1, 0.15) is 15.2 Å². The molecule has 0 aliphatic rings. The van der Waals surface area contributed by atoms with E-state index in [1.807, 2.05) is 0 Å². The first-order chi connectivity index (χ1) is 16.3. The first kappa shape index (κ1) is 23.8. The van der Waals surface area contributed by atoms with Gasteiger partial charge in [-0.25, -0.2) is 13.2 Å². The highest BCUT2D eigenvalue weighted by atomic mass is 35.5. The van der Waals surface area contributed by atoms with Gasteiger partial charge in [0.25, 0.3) is 15.9 Å². The second kappa shape index (κ2) is 9.50. The van der Waals surface area contributed by atoms with E-state index in [1.54, 1.807) is 48.5 Å². The Balaban J connectivity index is 1.84. The van der Waals surface area contributed by atoms with Gasteiger partial charge in [0.1, 0.15) is 6.54 Å². The number of methoxy groups -OCH3 is 1. The zero-order valence-electron chi connectivity index (χ0n) is 17.8. The van der Waals surface area contributed by atoms with Crippen LogP contribution in [-0.4, -0.2) is 38.5 Å². The van der Waals surface area contributed by atoms with Gasteiger partial charge in [0.15, 0.2) is 0 Å². The van der Waals surface area contributed by atoms with Gasteiger partial charge in [-0.05, 0) is 30.3 Å². The number of nitrogens with zero attached hydrogens (tertiary/aromatic N) is 2. The zero-order valence-corrected chi connectivity index (χ0v) is 20.1. The Morgan fingerprint density at radius 3 is 2.32 bits per heavy atom. The van der Waals surface area contributed by atoms with E-state index in [0.29, 0.717) is 10.9 Å². The Morgan fingerprint density at radius 1 is 0.941 bits per heavy atom. The monoisotopic (exact) mass is 516 g/mol. The molecule has 4 aromatic rings. The normalized spacial score (nSPS) is 11.4. The molecule has 7 nitrogen and oxygen atoms in total. The number of aromatic nitrogens is 1. The quantitative estimate of drug-likeness (QED) is 0.326. The molecule has 0 N–H and O–H groups in total. The highest BCUT2D eigenvalue weighted by molar-refractivity contribution is 7.92. The third-order valence-corrected chi connectivity index (χ3v) is 7.78. The maximum Gasteiger partial charge on any atom is 0.340 e. The summed E-state index contributed by atoms with van der Waals surface area (Å²) in [7, 11) is -2.96. The number of hydrogen-bond acceptors (Lipinski definition) is 5. The van der Waals surface area contributed by atoms with Gasteiger partial charge in [-0.2, -0.15) is 0 Å². The number of carbonyl (C=O) groups excluding carboxylic acids is 2. The lowest BCUT2D eigenvalue weighted by Crippen LogP contribution is -2.37. The smallest absolute Gasteiger partial charge is 0.340 e. The van der Waals surface area contributed by atoms with Gasteiger partial charge >= 0.3 is 5.97 Å². The van der Waals surface area contributed by atoms with Crippen molar-refractivity contribution >= 4 is 61.7 Å². The molecule has 3 aromatic carbocycles. The lowest BCUT2D eigenvalue weighted by atomic mass is 10.2. The number of anilines is 1. The number of sulfonamides is 1. The van der Waals surface area contributed by atoms with Gasteiger partial charge in [0.2, 0.25) is 0 Å². The maximum atomic E-state index is 13.6. The van der Waals surface area contributed by atoms with Crippen molar-refractivity contribution in [3.05, 3.63) is 94.6 Å². The molecule has 34 heavy (non-hydrogen) atoms. The van der Waals surface area contributed by atoms with Gasteiger partial charge < -0.3 is 4.74 Å². The summed E-state index contributed by atoms with van der Waals surface area (Å²) < 4.78 is 34.1. The molecular formula is C24H18Cl2N2O5S. The van der Waals surface area contributed by atoms with E-state index < -0.39 is 28.4 Å². The molecule has 0 saturated carbocycles. The first-order valence-corrected chi connectivity index (χ1v) is 12.2. The second-order valence-corrected chi connectivity index (χ2v) is 9.86. The third kappa shape index (κ3) is 4.27. The molecule has 0 spiro atoms. The Kier molecular flexibility index (Phi) is 6.65. The number of benzene rings is 3. The molecule has 4 rings (SSSR count). The molecule has 1 aromatic heterocycles. The van der Waals surface area contributed by atoms with Crippen molar-refractivity contribution in [1.82, 2.24) is 4.57 Å². The molecule has 0 saturated heterocycles. The Hall–Kier alpha value is -3.33. The predicted molar refractivity (Wildman–Crippen MR) is 131 cm³/mol. The number of carbonyl (C=O) groups is 2. The highest BCUT2D eigenvalue weighted by Gasteiger charge is 2.30. The molecule has 0 fully saturated rings. The molecule has 0 radical (unpaired) electrons. The van der Waals surface area contributed by atoms with Crippen LogP contribution in [0.3, 0.4) is 0 Å². The summed E-state index contributed by atoms with van der Waals surface area (Å²) in [6, 6.07) is 19.0. The van der Waals surface area contributed by atoms with E-state index in [-0.39, 0.29) is 26.2 Å². The van der Waals surface area contributed by atoms with Crippen LogP contribution in [0.4, 0.5) is 5.69 Å². The van der Waals surface area contributed by atoms with E-state index >= 15 is 0 Å². The minimum absolute atomic E-state index is 0.0101. The van der Waals surface area contributed by atoms with Crippen LogP contribution in [0.5, 0.6) is 0 Å². The van der Waals surface area contributed by atoms with Gasteiger partial charge in [-0.1, -0.05) is 65.7 Å². The van der Waals surface area contributed by atoms with E-state index in [9.17, 15) is 18.0 Å². The summed E-state index contributed by atoms with van der Waals surface area (Å²) in [5, 5.41) is 0.629. The van der Waals surface area contributed by atoms with Crippen molar-refractivity contribution in [1.29, 1.82) is 0 Å². The molecule has 0 aliphatic heterocycles. The van der Waals surface area contributed by atoms with Gasteiger partial charge in [0, 0.05) is 11.6 Å². The fourth-order valence-electron chi connectivity index (χ4n) is 3.56. The molecule has 0 atom stereocenters. The summed E-state index contributed by atoms with van der Waals surface area (Å²) in [6.45, 7) is -0.601. The van der Waals surface area contributed by atoms with E-state index in [0.717, 1.165) is 4.31 Å². The fraction of sp³-hybridized carbons (Fsp3) is 0.0833. The van der Waals surface area contributed by atoms with Crippen LogP contribution in [0.25, 0.3) is 10.9 Å². The summed E-state index contributed by atoms with van der Waals surface area (Å²) >= 11 is 12.5. The molecular weight excluding hydrogens is 499 g/mol. The van der Waals surface area contributed by atoms with Gasteiger partial charge in [-0.3, -0.25) is 13.7 Å². The molecule has 174 valence electrons. The van der Waals surface area contributed by atoms with Crippen LogP contribution in [-0.2, 0) is 14.8 Å². The molecule has 1 heterocycles. The van der Waals surface area contributed by atoms with Crippen molar-refractivity contribution in [2.24, 2.45) is 0 Å². The lowest BCUT2D eigenvalue weighted by Gasteiger charge is -2.25. The van der Waals surface area contributed by atoms with E-state index in [1.165, 1.54) is 42.1 Å². The van der Waals surface area contributed by atoms with Crippen molar-refractivity contribution < 1.29 is 22.7 Å². The number of fused-ring (bicyclic) bond motifs is 1. The Morgan fingerprint density at radius 2 is 1.62 bits per heavy atom. The number of esters is 1. The number of rotatable bonds is 6. The number of ether oxygens (including phenoxy) is 1. The van der Waals surface area contributed by atoms with Crippen LogP contribution in [0.2, 0.25) is 10.0 Å². The number of para-hydroxylation sites is 1. The molecule has 0 amide bonds. The number of halogens is 2. The third-order valence-electron chi connectivity index (χ3n) is 5.20. The van der Waals surface area contributed by atoms with Crippen molar-refractivity contribution in [3.63, 3.8) is 0 Å². The molecule has 0 aliphatic carbocycles. The molecule has 0 unspecified atom stereocenters. The summed E-state index contributed by atoms with van der Waals surface area (Å²) in [4.78, 5) is 25.7. The largest absolute Gasteiger partial charge is 0.465 e. The number of hydrogen-bond donors (Lipinski definition) is 0. The predicted octanol–water partition coefficient (Wildman–Crippen LogP) is 5.27. The molecule has 0 bridgehead atoms. The van der Waals surface area contributed by atoms with Crippen LogP contribution in [0, 0.1) is 0 Å². The summed E-state index contributed by atoms with van der Waals surface area (Å²) in [5.41, 5.74) is 0.669. The lowest BCUT2D eigenvalue weighted by molar-refractivity contribution is 0.0603. The topological polar surface area (TPSA) is 85.7 Å². The average molecular weight is 517 g/mol. The van der Waals surface area contributed by atoms with Crippen LogP contribution >= 0.6 is 23.2 Å². The van der Waals surface area contributed by atoms with Crippen molar-refractivity contribution in [3.8, 4) is 0 Å². The fourth-order valence-corrected chi connectivity index (χ4v) is 5.46. The highest BCUT2D eigenvalue weighted by Crippen LogP contribution is 2.35. The molecule has 10 heteroatoms. The van der Waals surface area contributed by atoms with Crippen molar-refractivity contribution in [2.75, 3.05) is 18.0 Å². The minimum atomic E-state index is -4.20. The van der Waals surface area contributed by atoms with Gasteiger partial charge in [-0.15, -0.1) is 0 Å². The van der Waals surface area contributed by atoms with Gasteiger partial charge in [0.05, 0.1) is 38.8 Å². The summed E-state index contributed by atoms with van der Waals surface area (Å²) in [5.74, 6) is -1.23. The average Bonchev–Trinajstić information content (AvgIpc) is 3.24. The maximum absolute atomic E-state index is 13.6. The second-order valence-electron chi connectivity index (χ2n) is 7.21. The van der Waals surface area contributed by atoms with Crippen LogP contribution in [0.15, 0.2) is 83.9 Å². The standard InChI is InChI=1S/C24H18Cl2N2O5S/c1-33-24(30)18-14-27(20-12-6-5-10-17(18)20)22(29)15-28(21-13-7-11-19(25)23(21)26)34(31,32)16-8-3-2-4-9-16/h2-14H,15H2,1H3. The van der Waals surface area contributed by atoms with Crippen molar-refractivity contribution in [2.45, 2.75) is 4.90 Å². The van der Waals surface area contributed by atoms with E-state index in [2.05, 4.69) is 0 Å². The van der Waals surface area contributed by atoms with E-state index in [4.69, 9.17) is 27.9 Å². The summed E-state index contributed by atoms with van der Waals surface area (Å²) in [6.07, 6.45) is 1.34. The van der Waals surface area contributed by atoms with Crippen LogP contribution < -0.4 is 4.31 Å². The first-order valence-electron chi connectivity index (χ1n) is 9.99. The minimum Gasteiger partial charge on any atom is -0.465 e. The Bertz CT molecular complexity index is 1500. The zero-order chi connectivity index (χ0) is 24.5. The Labute approximate surface area is 206 Å².